The summed E-state index contributed by atoms with van der Waals surface area (Å²) in [5.74, 6) is 0. The van der Waals surface area contributed by atoms with E-state index in [0.717, 1.165) is 22.7 Å². The Hall–Kier alpha value is -2.73. The number of hydrogen-bond acceptors (Lipinski definition) is 4. The number of sulfone groups is 1. The number of aryl methyl sites for hydroxylation is 1. The van der Waals surface area contributed by atoms with Crippen LogP contribution in [-0.2, 0) is 16.3 Å². The third-order valence-corrected chi connectivity index (χ3v) is 4.86. The minimum Gasteiger partial charge on any atom is -0.252 e. The van der Waals surface area contributed by atoms with Crippen LogP contribution in [0.1, 0.15) is 17.0 Å². The lowest BCUT2D eigenvalue weighted by Crippen LogP contribution is -2.10. The highest BCUT2D eigenvalue weighted by Gasteiger charge is 2.10. The van der Waals surface area contributed by atoms with Crippen LogP contribution in [0.25, 0.3) is 0 Å². The molecular formula is C19H19N3O2S. The molecule has 0 unspecified atom stereocenters. The highest BCUT2D eigenvalue weighted by Crippen LogP contribution is 2.13. The van der Waals surface area contributed by atoms with Gasteiger partial charge in [0.25, 0.3) is 0 Å². The summed E-state index contributed by atoms with van der Waals surface area (Å²) in [7, 11) is -3.19. The second-order valence-electron chi connectivity index (χ2n) is 5.87. The maximum atomic E-state index is 11.6. The maximum Gasteiger partial charge on any atom is 0.175 e. The molecule has 0 amide bonds. The number of pyridine rings is 1. The van der Waals surface area contributed by atoms with Gasteiger partial charge in [0.2, 0.25) is 0 Å². The summed E-state index contributed by atoms with van der Waals surface area (Å²) in [6.45, 7) is 1.94. The van der Waals surface area contributed by atoms with E-state index in [0.29, 0.717) is 11.3 Å². The van der Waals surface area contributed by atoms with Crippen molar-refractivity contribution in [2.24, 2.45) is 5.10 Å². The molecule has 3 aromatic rings. The van der Waals surface area contributed by atoms with Crippen LogP contribution >= 0.6 is 0 Å². The Morgan fingerprint density at radius 1 is 1.04 bits per heavy atom. The summed E-state index contributed by atoms with van der Waals surface area (Å²) in [6.07, 6.45) is 5.49. The molecule has 0 aliphatic rings. The Labute approximate surface area is 147 Å². The zero-order chi connectivity index (χ0) is 17.9. The van der Waals surface area contributed by atoms with Gasteiger partial charge in [-0.15, -0.1) is 0 Å². The average Bonchev–Trinajstić information content (AvgIpc) is 3.07. The van der Waals surface area contributed by atoms with Crippen molar-refractivity contribution in [3.63, 3.8) is 0 Å². The van der Waals surface area contributed by atoms with Crippen LogP contribution in [0.2, 0.25) is 0 Å². The number of nitrogens with zero attached hydrogens (tertiary/aromatic N) is 3. The lowest BCUT2D eigenvalue weighted by atomic mass is 10.1. The van der Waals surface area contributed by atoms with Crippen molar-refractivity contribution < 1.29 is 8.42 Å². The Balaban J connectivity index is 1.95. The fourth-order valence-corrected chi connectivity index (χ4v) is 3.09. The third kappa shape index (κ3) is 4.42. The van der Waals surface area contributed by atoms with Gasteiger partial charge in [0.15, 0.2) is 9.84 Å². The van der Waals surface area contributed by atoms with E-state index in [4.69, 9.17) is 0 Å². The second-order valence-corrected chi connectivity index (χ2v) is 7.88. The Morgan fingerprint density at radius 3 is 2.32 bits per heavy atom. The van der Waals surface area contributed by atoms with Crippen molar-refractivity contribution in [3.8, 4) is 0 Å². The topological polar surface area (TPSA) is 64.3 Å². The molecule has 0 radical (unpaired) electrons. The minimum absolute atomic E-state index is 0.314. The minimum atomic E-state index is -3.19. The van der Waals surface area contributed by atoms with Crippen LogP contribution in [0.4, 0.5) is 0 Å². The van der Waals surface area contributed by atoms with Crippen molar-refractivity contribution in [1.29, 1.82) is 0 Å². The molecule has 2 heterocycles. The van der Waals surface area contributed by atoms with Gasteiger partial charge in [0.1, 0.15) is 0 Å². The molecule has 0 saturated heterocycles. The first-order valence-electron chi connectivity index (χ1n) is 7.86. The Morgan fingerprint density at radius 2 is 1.72 bits per heavy atom. The summed E-state index contributed by atoms with van der Waals surface area (Å²) in [5.41, 5.74) is 3.51. The van der Waals surface area contributed by atoms with E-state index in [1.165, 1.54) is 6.26 Å². The summed E-state index contributed by atoms with van der Waals surface area (Å²) in [6, 6.07) is 16.5. The van der Waals surface area contributed by atoms with Crippen LogP contribution in [0.3, 0.4) is 0 Å². The lowest BCUT2D eigenvalue weighted by Gasteiger charge is -2.08. The molecular weight excluding hydrogens is 334 g/mol. The van der Waals surface area contributed by atoms with Gasteiger partial charge < -0.3 is 0 Å². The third-order valence-electron chi connectivity index (χ3n) is 3.73. The van der Waals surface area contributed by atoms with Crippen LogP contribution < -0.4 is 0 Å². The second kappa shape index (κ2) is 7.03. The van der Waals surface area contributed by atoms with E-state index in [9.17, 15) is 8.42 Å². The van der Waals surface area contributed by atoms with E-state index < -0.39 is 9.84 Å². The molecule has 0 spiro atoms. The molecule has 2 aromatic heterocycles. The highest BCUT2D eigenvalue weighted by atomic mass is 32.2. The zero-order valence-electron chi connectivity index (χ0n) is 14.1. The smallest absolute Gasteiger partial charge is 0.175 e. The molecule has 0 bridgehead atoms. The van der Waals surface area contributed by atoms with Gasteiger partial charge in [-0.1, -0.05) is 18.2 Å². The van der Waals surface area contributed by atoms with Crippen molar-refractivity contribution in [1.82, 2.24) is 9.66 Å². The Kier molecular flexibility index (Phi) is 4.81. The molecule has 0 aliphatic heterocycles. The molecule has 128 valence electrons. The molecule has 0 saturated carbocycles. The predicted octanol–water partition coefficient (Wildman–Crippen LogP) is 3.09. The monoisotopic (exact) mass is 353 g/mol. The molecule has 0 N–H and O–H groups in total. The summed E-state index contributed by atoms with van der Waals surface area (Å²) in [4.78, 5) is 4.88. The SMILES string of the molecule is Cc1cccc(C(Cc2ccc(S(C)(=O)=O)cc2)=Nn2cccc2)n1. The van der Waals surface area contributed by atoms with Gasteiger partial charge in [-0.05, 0) is 48.9 Å². The van der Waals surface area contributed by atoms with Gasteiger partial charge in [0.05, 0.1) is 16.3 Å². The first-order chi connectivity index (χ1) is 11.9. The van der Waals surface area contributed by atoms with E-state index in [2.05, 4.69) is 10.1 Å². The van der Waals surface area contributed by atoms with Crippen molar-refractivity contribution in [2.75, 3.05) is 6.26 Å². The van der Waals surface area contributed by atoms with Crippen LogP contribution in [0, 0.1) is 6.92 Å². The normalized spacial score (nSPS) is 12.3. The van der Waals surface area contributed by atoms with Crippen molar-refractivity contribution in [2.45, 2.75) is 18.2 Å². The van der Waals surface area contributed by atoms with Gasteiger partial charge in [0, 0.05) is 30.8 Å². The van der Waals surface area contributed by atoms with E-state index in [-0.39, 0.29) is 0 Å². The quantitative estimate of drug-likeness (QED) is 0.662. The van der Waals surface area contributed by atoms with Gasteiger partial charge in [-0.3, -0.25) is 4.98 Å². The average molecular weight is 353 g/mol. The van der Waals surface area contributed by atoms with Gasteiger partial charge >= 0.3 is 0 Å². The van der Waals surface area contributed by atoms with Gasteiger partial charge in [-0.2, -0.15) is 5.10 Å². The van der Waals surface area contributed by atoms with Gasteiger partial charge in [-0.25, -0.2) is 13.1 Å². The predicted molar refractivity (Wildman–Crippen MR) is 98.6 cm³/mol. The molecule has 25 heavy (non-hydrogen) atoms. The standard InChI is InChI=1S/C19H19N3O2S/c1-15-6-5-7-18(20-15)19(21-22-12-3-4-13-22)14-16-8-10-17(11-9-16)25(2,23)24/h3-13H,14H2,1-2H3. The molecule has 0 aliphatic carbocycles. The summed E-state index contributed by atoms with van der Waals surface area (Å²) in [5, 5.41) is 4.65. The number of hydrogen-bond donors (Lipinski definition) is 0. The van der Waals surface area contributed by atoms with E-state index >= 15 is 0 Å². The molecule has 6 heteroatoms. The highest BCUT2D eigenvalue weighted by molar-refractivity contribution is 7.90. The largest absolute Gasteiger partial charge is 0.252 e. The zero-order valence-corrected chi connectivity index (χ0v) is 14.9. The summed E-state index contributed by atoms with van der Waals surface area (Å²) < 4.78 is 24.9. The van der Waals surface area contributed by atoms with Crippen molar-refractivity contribution in [3.05, 3.63) is 83.9 Å². The maximum absolute atomic E-state index is 11.6. The molecule has 3 rings (SSSR count). The Bertz CT molecular complexity index is 989. The first kappa shape index (κ1) is 17.1. The number of rotatable bonds is 5. The van der Waals surface area contributed by atoms with E-state index in [1.54, 1.807) is 16.8 Å². The van der Waals surface area contributed by atoms with Crippen LogP contribution in [0.5, 0.6) is 0 Å². The fraction of sp³-hybridized carbons (Fsp3) is 0.158. The fourth-order valence-electron chi connectivity index (χ4n) is 2.46. The molecule has 5 nitrogen and oxygen atoms in total. The molecule has 0 atom stereocenters. The van der Waals surface area contributed by atoms with E-state index in [1.807, 2.05) is 61.8 Å². The lowest BCUT2D eigenvalue weighted by molar-refractivity contribution is 0.602. The number of benzene rings is 1. The van der Waals surface area contributed by atoms with Crippen LogP contribution in [0.15, 0.2) is 77.0 Å². The molecule has 0 fully saturated rings. The summed E-state index contributed by atoms with van der Waals surface area (Å²) >= 11 is 0. The number of aromatic nitrogens is 2. The first-order valence-corrected chi connectivity index (χ1v) is 9.75. The molecule has 1 aromatic carbocycles. The van der Waals surface area contributed by atoms with Crippen molar-refractivity contribution >= 4 is 15.5 Å². The van der Waals surface area contributed by atoms with Crippen LogP contribution in [-0.4, -0.2) is 30.0 Å².